The van der Waals surface area contributed by atoms with Crippen molar-refractivity contribution in [1.29, 1.82) is 0 Å². The number of likely N-dealkylation sites (tertiary alicyclic amines) is 1. The average Bonchev–Trinajstić information content (AvgIpc) is 3.71. The summed E-state index contributed by atoms with van der Waals surface area (Å²) < 4.78 is 26.4. The van der Waals surface area contributed by atoms with Crippen LogP contribution in [0.4, 0.5) is 10.2 Å². The Morgan fingerprint density at radius 3 is 2.69 bits per heavy atom. The molecule has 210 valence electrons. The number of aryl methyl sites for hydroxylation is 2. The fourth-order valence-corrected chi connectivity index (χ4v) is 5.38. The lowest BCUT2D eigenvalue weighted by atomic mass is 10.0. The summed E-state index contributed by atoms with van der Waals surface area (Å²) in [6, 6.07) is 5.17. The molecule has 1 aliphatic heterocycles. The predicted molar refractivity (Wildman–Crippen MR) is 149 cm³/mol. The molecular weight excluding hydrogens is 546 g/mol. The monoisotopic (exact) mass is 578 g/mol. The van der Waals surface area contributed by atoms with Gasteiger partial charge in [0.25, 0.3) is 0 Å². The normalized spacial score (nSPS) is 20.7. The highest BCUT2D eigenvalue weighted by Gasteiger charge is 2.37. The highest BCUT2D eigenvalue weighted by atomic mass is 35.5. The van der Waals surface area contributed by atoms with Crippen LogP contribution in [0.5, 0.6) is 5.75 Å². The van der Waals surface area contributed by atoms with Gasteiger partial charge in [0, 0.05) is 31.2 Å². The molecule has 2 aliphatic rings. The molecule has 0 bridgehead atoms. The molecule has 2 fully saturated rings. The number of alkyl halides is 1. The largest absolute Gasteiger partial charge is 0.491 e. The number of nitrogens with one attached hydrogen (secondary N) is 2. The minimum Gasteiger partial charge on any atom is -0.491 e. The van der Waals surface area contributed by atoms with Crippen molar-refractivity contribution in [2.75, 3.05) is 38.6 Å². The maximum atomic E-state index is 15.3. The van der Waals surface area contributed by atoms with Crippen LogP contribution < -0.4 is 15.4 Å². The fraction of sp³-hybridized carbons (Fsp3) is 0.519. The zero-order valence-corrected chi connectivity index (χ0v) is 23.7. The number of aliphatic hydroxyl groups excluding tert-OH is 1. The number of piperidine rings is 1. The number of nitrogens with zero attached hydrogens (tertiary/aromatic N) is 4. The number of aromatic nitrogens is 3. The predicted octanol–water partition coefficient (Wildman–Crippen LogP) is 4.67. The number of rotatable bonds is 10. The van der Waals surface area contributed by atoms with Gasteiger partial charge in [0.05, 0.1) is 22.3 Å². The van der Waals surface area contributed by atoms with E-state index in [0.29, 0.717) is 70.4 Å². The first-order valence-electron chi connectivity index (χ1n) is 13.2. The zero-order chi connectivity index (χ0) is 27.7. The number of halogens is 3. The van der Waals surface area contributed by atoms with Crippen LogP contribution >= 0.6 is 23.2 Å². The third-order valence-electron chi connectivity index (χ3n) is 7.14. The van der Waals surface area contributed by atoms with Gasteiger partial charge in [0.2, 0.25) is 0 Å². The van der Waals surface area contributed by atoms with E-state index in [4.69, 9.17) is 42.4 Å². The molecule has 0 amide bonds. The van der Waals surface area contributed by atoms with Crippen molar-refractivity contribution in [2.24, 2.45) is 0 Å². The van der Waals surface area contributed by atoms with Gasteiger partial charge in [-0.2, -0.15) is 0 Å². The summed E-state index contributed by atoms with van der Waals surface area (Å²) in [5, 5.41) is 20.9. The van der Waals surface area contributed by atoms with Crippen LogP contribution in [0.2, 0.25) is 10.0 Å². The van der Waals surface area contributed by atoms with E-state index in [1.807, 2.05) is 0 Å². The van der Waals surface area contributed by atoms with Crippen molar-refractivity contribution >= 4 is 29.0 Å². The molecule has 1 saturated heterocycles. The van der Waals surface area contributed by atoms with Gasteiger partial charge in [-0.05, 0) is 58.4 Å². The Balaban J connectivity index is 1.50. The number of hydrogen-bond acceptors (Lipinski definition) is 9. The van der Waals surface area contributed by atoms with E-state index < -0.39 is 18.3 Å². The Morgan fingerprint density at radius 1 is 1.23 bits per heavy atom. The van der Waals surface area contributed by atoms with Crippen molar-refractivity contribution in [3.63, 3.8) is 0 Å². The molecular formula is C27H33Cl2FN6O3. The van der Waals surface area contributed by atoms with Gasteiger partial charge >= 0.3 is 0 Å². The van der Waals surface area contributed by atoms with Crippen LogP contribution in [0.15, 0.2) is 22.7 Å². The van der Waals surface area contributed by atoms with Gasteiger partial charge < -0.3 is 25.0 Å². The maximum absolute atomic E-state index is 15.3. The van der Waals surface area contributed by atoms with Crippen molar-refractivity contribution < 1.29 is 18.8 Å². The number of anilines is 1. The molecule has 1 aromatic carbocycles. The van der Waals surface area contributed by atoms with Gasteiger partial charge in [0.1, 0.15) is 46.9 Å². The number of likely N-dealkylation sites (N-methyl/N-ethyl adjacent to an activating group) is 1. The summed E-state index contributed by atoms with van der Waals surface area (Å²) in [6.07, 6.45) is 1.17. The van der Waals surface area contributed by atoms with Gasteiger partial charge in [-0.25, -0.2) is 14.4 Å². The number of benzene rings is 1. The maximum Gasteiger partial charge on any atom is 0.163 e. The molecule has 0 spiro atoms. The first kappa shape index (κ1) is 28.0. The van der Waals surface area contributed by atoms with E-state index >= 15 is 4.39 Å². The molecule has 0 unspecified atom stereocenters. The molecule has 9 nitrogen and oxygen atoms in total. The Morgan fingerprint density at radius 2 is 2.03 bits per heavy atom. The van der Waals surface area contributed by atoms with E-state index in [2.05, 4.69) is 20.7 Å². The Bertz CT molecular complexity index is 1300. The summed E-state index contributed by atoms with van der Waals surface area (Å²) in [7, 11) is 1.76. The molecule has 3 aromatic rings. The first-order chi connectivity index (χ1) is 18.7. The minimum absolute atomic E-state index is 0.0952. The fourth-order valence-electron chi connectivity index (χ4n) is 4.94. The summed E-state index contributed by atoms with van der Waals surface area (Å²) >= 11 is 13.5. The molecule has 0 radical (unpaired) electrons. The third kappa shape index (κ3) is 6.30. The van der Waals surface area contributed by atoms with Gasteiger partial charge in [-0.1, -0.05) is 28.4 Å². The molecule has 5 rings (SSSR count). The molecule has 12 heteroatoms. The summed E-state index contributed by atoms with van der Waals surface area (Å²) in [5.74, 6) is 1.64. The van der Waals surface area contributed by atoms with Gasteiger partial charge in [-0.3, -0.25) is 4.90 Å². The molecule has 3 N–H and O–H groups in total. The second kappa shape index (κ2) is 11.9. The smallest absolute Gasteiger partial charge is 0.163 e. The van der Waals surface area contributed by atoms with Crippen molar-refractivity contribution in [1.82, 2.24) is 25.3 Å². The molecule has 3 atom stereocenters. The summed E-state index contributed by atoms with van der Waals surface area (Å²) in [6.45, 7) is 5.28. The van der Waals surface area contributed by atoms with Crippen LogP contribution in [-0.4, -0.2) is 82.8 Å². The van der Waals surface area contributed by atoms with E-state index in [-0.39, 0.29) is 17.5 Å². The lowest BCUT2D eigenvalue weighted by Crippen LogP contribution is -2.48. The second-order valence-corrected chi connectivity index (χ2v) is 11.0. The molecule has 1 saturated carbocycles. The molecule has 2 aromatic heterocycles. The number of ether oxygens (including phenoxy) is 1. The molecule has 39 heavy (non-hydrogen) atoms. The van der Waals surface area contributed by atoms with E-state index in [0.717, 1.165) is 19.4 Å². The lowest BCUT2D eigenvalue weighted by Gasteiger charge is -2.35. The van der Waals surface area contributed by atoms with Crippen molar-refractivity contribution in [2.45, 2.75) is 57.5 Å². The van der Waals surface area contributed by atoms with Crippen molar-refractivity contribution in [3.8, 4) is 28.4 Å². The third-order valence-corrected chi connectivity index (χ3v) is 7.83. The van der Waals surface area contributed by atoms with Crippen LogP contribution in [0.25, 0.3) is 22.6 Å². The van der Waals surface area contributed by atoms with Crippen molar-refractivity contribution in [3.05, 3.63) is 39.7 Å². The lowest BCUT2D eigenvalue weighted by molar-refractivity contribution is 0.108. The molecule has 3 heterocycles. The van der Waals surface area contributed by atoms with E-state index in [9.17, 15) is 5.11 Å². The zero-order valence-electron chi connectivity index (χ0n) is 22.2. The minimum atomic E-state index is -1.07. The topological polar surface area (TPSA) is 109 Å². The Kier molecular flexibility index (Phi) is 8.58. The standard InChI is InChI=1S/C27H33Cl2FN6O3/c1-14-23(15(2)39-35-14)25-24(29)27(32-22-8-9-36(12-21(22)30)16-4-5-16)34-26(33-25)19-10-18(6-7-20(19)28)38-13-17(37)11-31-3/h6-7,10,16-17,21-22,31,37H,4-5,8-9,11-13H2,1-3H3,(H,32,33,34)/t17-,21-,22+/m1/s1. The quantitative estimate of drug-likeness (QED) is 0.316. The number of aliphatic hydroxyl groups is 1. The van der Waals surface area contributed by atoms with Crippen LogP contribution in [0.1, 0.15) is 30.7 Å². The molecule has 1 aliphatic carbocycles. The number of hydrogen-bond donors (Lipinski definition) is 3. The average molecular weight is 580 g/mol. The van der Waals surface area contributed by atoms with E-state index in [1.165, 1.54) is 0 Å². The Hall–Kier alpha value is -2.50. The first-order valence-corrected chi connectivity index (χ1v) is 13.9. The highest BCUT2D eigenvalue weighted by Crippen LogP contribution is 2.39. The summed E-state index contributed by atoms with van der Waals surface area (Å²) in [5.41, 5.74) is 2.18. The summed E-state index contributed by atoms with van der Waals surface area (Å²) in [4.78, 5) is 11.7. The van der Waals surface area contributed by atoms with Gasteiger partial charge in [0.15, 0.2) is 5.82 Å². The second-order valence-electron chi connectivity index (χ2n) is 10.2. The Labute approximate surface area is 237 Å². The van der Waals surface area contributed by atoms with Crippen LogP contribution in [0, 0.1) is 13.8 Å². The van der Waals surface area contributed by atoms with Gasteiger partial charge in [-0.15, -0.1) is 0 Å². The van der Waals surface area contributed by atoms with Crippen LogP contribution in [0.3, 0.4) is 0 Å². The van der Waals surface area contributed by atoms with E-state index in [1.54, 1.807) is 39.1 Å². The highest BCUT2D eigenvalue weighted by molar-refractivity contribution is 6.35. The SMILES string of the molecule is CNC[C@@H](O)COc1ccc(Cl)c(-c2nc(N[C@H]3CCN(C4CC4)C[C@H]3F)c(Cl)c(-c3c(C)noc3C)n2)c1. The van der Waals surface area contributed by atoms with Crippen LogP contribution in [-0.2, 0) is 0 Å².